The first-order valence-electron chi connectivity index (χ1n) is 4.30. The Balaban J connectivity index is 2.40. The average molecular weight is 180 g/mol. The summed E-state index contributed by atoms with van der Waals surface area (Å²) in [5.41, 5.74) is -0.591. The lowest BCUT2D eigenvalue weighted by Gasteiger charge is -2.27. The molecule has 13 heavy (non-hydrogen) atoms. The fraction of sp³-hybridized carbons (Fsp3) is 0.556. The van der Waals surface area contributed by atoms with Crippen molar-refractivity contribution in [1.82, 2.24) is 9.80 Å². The van der Waals surface area contributed by atoms with E-state index in [0.29, 0.717) is 12.8 Å². The second kappa shape index (κ2) is 2.34. The summed E-state index contributed by atoms with van der Waals surface area (Å²) < 4.78 is 0. The highest BCUT2D eigenvalue weighted by Crippen LogP contribution is 2.36. The van der Waals surface area contributed by atoms with Crippen molar-refractivity contribution in [3.8, 4) is 0 Å². The predicted molar refractivity (Wildman–Crippen MR) is 47.0 cm³/mol. The molecule has 0 bridgehead atoms. The summed E-state index contributed by atoms with van der Waals surface area (Å²) in [5, 5.41) is 0. The van der Waals surface area contributed by atoms with E-state index in [1.165, 1.54) is 11.9 Å². The number of hydrogen-bond donors (Lipinski definition) is 0. The lowest BCUT2D eigenvalue weighted by Crippen LogP contribution is -2.45. The van der Waals surface area contributed by atoms with Gasteiger partial charge in [0.2, 0.25) is 0 Å². The van der Waals surface area contributed by atoms with Gasteiger partial charge in [-0.25, -0.2) is 4.79 Å². The normalized spacial score (nSPS) is 25.4. The zero-order chi connectivity index (χ0) is 9.64. The molecule has 2 rings (SSSR count). The Morgan fingerprint density at radius 3 is 2.15 bits per heavy atom. The van der Waals surface area contributed by atoms with Gasteiger partial charge in [0.1, 0.15) is 5.54 Å². The van der Waals surface area contributed by atoms with Crippen LogP contribution in [-0.2, 0) is 4.79 Å². The average Bonchev–Trinajstić information content (AvgIpc) is 2.67. The quantitative estimate of drug-likeness (QED) is 0.404. The number of carbonyl (C=O) groups is 2. The third-order valence-corrected chi connectivity index (χ3v) is 3.00. The van der Waals surface area contributed by atoms with Crippen LogP contribution < -0.4 is 0 Å². The molecule has 1 heterocycles. The third-order valence-electron chi connectivity index (χ3n) is 3.00. The Kier molecular flexibility index (Phi) is 1.49. The van der Waals surface area contributed by atoms with E-state index in [1.54, 1.807) is 11.9 Å². The summed E-state index contributed by atoms with van der Waals surface area (Å²) in [6.07, 6.45) is 5.22. The maximum absolute atomic E-state index is 11.8. The molecule has 70 valence electrons. The maximum Gasteiger partial charge on any atom is 0.327 e. The highest BCUT2D eigenvalue weighted by molar-refractivity contribution is 6.07. The molecule has 0 aromatic heterocycles. The highest BCUT2D eigenvalue weighted by Gasteiger charge is 2.54. The number of rotatable bonds is 0. The van der Waals surface area contributed by atoms with Gasteiger partial charge in [-0.3, -0.25) is 9.69 Å². The van der Waals surface area contributed by atoms with Crippen LogP contribution in [0.25, 0.3) is 0 Å². The van der Waals surface area contributed by atoms with Crippen molar-refractivity contribution >= 4 is 11.9 Å². The molecule has 1 saturated heterocycles. The number of urea groups is 1. The van der Waals surface area contributed by atoms with Gasteiger partial charge in [-0.15, -0.1) is 0 Å². The van der Waals surface area contributed by atoms with Gasteiger partial charge in [-0.1, -0.05) is 12.2 Å². The number of amides is 3. The lowest BCUT2D eigenvalue weighted by atomic mass is 9.95. The van der Waals surface area contributed by atoms with Crippen LogP contribution in [0.5, 0.6) is 0 Å². The second-order valence-electron chi connectivity index (χ2n) is 3.62. The first-order chi connectivity index (χ1) is 6.09. The molecular formula is C9H12N2O2. The fourth-order valence-corrected chi connectivity index (χ4v) is 2.04. The van der Waals surface area contributed by atoms with Gasteiger partial charge >= 0.3 is 6.03 Å². The number of hydrogen-bond acceptors (Lipinski definition) is 2. The van der Waals surface area contributed by atoms with Crippen LogP contribution in [0.4, 0.5) is 4.79 Å². The molecule has 0 aromatic rings. The zero-order valence-corrected chi connectivity index (χ0v) is 7.78. The first kappa shape index (κ1) is 8.29. The number of likely N-dealkylation sites (N-methyl/N-ethyl adjacent to an activating group) is 2. The molecular weight excluding hydrogens is 168 g/mol. The molecule has 2 aliphatic rings. The van der Waals surface area contributed by atoms with E-state index >= 15 is 0 Å². The van der Waals surface area contributed by atoms with Crippen molar-refractivity contribution in [1.29, 1.82) is 0 Å². The van der Waals surface area contributed by atoms with Crippen molar-refractivity contribution < 1.29 is 9.59 Å². The van der Waals surface area contributed by atoms with Crippen LogP contribution in [0.15, 0.2) is 12.2 Å². The van der Waals surface area contributed by atoms with Crippen molar-refractivity contribution in [2.45, 2.75) is 18.4 Å². The van der Waals surface area contributed by atoms with Gasteiger partial charge in [0.25, 0.3) is 5.91 Å². The smallest absolute Gasteiger partial charge is 0.312 e. The Morgan fingerprint density at radius 2 is 1.77 bits per heavy atom. The van der Waals surface area contributed by atoms with Crippen molar-refractivity contribution in [2.75, 3.05) is 14.1 Å². The van der Waals surface area contributed by atoms with Crippen LogP contribution in [0.2, 0.25) is 0 Å². The van der Waals surface area contributed by atoms with E-state index in [9.17, 15) is 9.59 Å². The molecule has 1 aliphatic carbocycles. The highest BCUT2D eigenvalue weighted by atomic mass is 16.2. The van der Waals surface area contributed by atoms with E-state index in [1.807, 2.05) is 12.2 Å². The molecule has 0 unspecified atom stereocenters. The summed E-state index contributed by atoms with van der Waals surface area (Å²) in [7, 11) is 3.23. The van der Waals surface area contributed by atoms with Crippen molar-refractivity contribution in [3.63, 3.8) is 0 Å². The lowest BCUT2D eigenvalue weighted by molar-refractivity contribution is -0.131. The molecule has 1 fully saturated rings. The number of imide groups is 1. The molecule has 0 radical (unpaired) electrons. The Labute approximate surface area is 76.8 Å². The number of nitrogens with zero attached hydrogens (tertiary/aromatic N) is 2. The summed E-state index contributed by atoms with van der Waals surface area (Å²) in [5.74, 6) is -0.0787. The van der Waals surface area contributed by atoms with Gasteiger partial charge in [-0.05, 0) is 12.8 Å². The van der Waals surface area contributed by atoms with Gasteiger partial charge in [0.05, 0.1) is 0 Å². The molecule has 1 spiro atoms. The summed E-state index contributed by atoms with van der Waals surface area (Å²) in [6.45, 7) is 0. The van der Waals surface area contributed by atoms with E-state index < -0.39 is 5.54 Å². The van der Waals surface area contributed by atoms with E-state index in [-0.39, 0.29) is 11.9 Å². The first-order valence-corrected chi connectivity index (χ1v) is 4.30. The molecule has 0 aromatic carbocycles. The van der Waals surface area contributed by atoms with Crippen LogP contribution >= 0.6 is 0 Å². The molecule has 4 nitrogen and oxygen atoms in total. The molecule has 4 heteroatoms. The monoisotopic (exact) mass is 180 g/mol. The van der Waals surface area contributed by atoms with E-state index in [4.69, 9.17) is 0 Å². The zero-order valence-electron chi connectivity index (χ0n) is 7.78. The van der Waals surface area contributed by atoms with Crippen molar-refractivity contribution in [2.24, 2.45) is 0 Å². The van der Waals surface area contributed by atoms with E-state index in [2.05, 4.69) is 0 Å². The molecule has 0 saturated carbocycles. The summed E-state index contributed by atoms with van der Waals surface area (Å²) in [6, 6.07) is -0.200. The summed E-state index contributed by atoms with van der Waals surface area (Å²) >= 11 is 0. The standard InChI is InChI=1S/C9H12N2O2/c1-10-7(12)9(5-3-4-6-9)11(2)8(10)13/h3-4H,5-6H2,1-2H3. The number of carbonyl (C=O) groups excluding carboxylic acids is 2. The van der Waals surface area contributed by atoms with Gasteiger partial charge in [-0.2, -0.15) is 0 Å². The molecule has 0 N–H and O–H groups in total. The van der Waals surface area contributed by atoms with Gasteiger partial charge < -0.3 is 4.90 Å². The minimum absolute atomic E-state index is 0.0787. The Hall–Kier alpha value is -1.32. The molecule has 3 amide bonds. The minimum atomic E-state index is -0.591. The largest absolute Gasteiger partial charge is 0.327 e. The maximum atomic E-state index is 11.8. The molecule has 0 atom stereocenters. The van der Waals surface area contributed by atoms with Crippen LogP contribution in [-0.4, -0.2) is 41.4 Å². The van der Waals surface area contributed by atoms with Crippen molar-refractivity contribution in [3.05, 3.63) is 12.2 Å². The Morgan fingerprint density at radius 1 is 1.23 bits per heavy atom. The predicted octanol–water partition coefficient (Wildman–Crippen LogP) is 0.599. The van der Waals surface area contributed by atoms with Crippen LogP contribution in [0, 0.1) is 0 Å². The van der Waals surface area contributed by atoms with Crippen LogP contribution in [0.1, 0.15) is 12.8 Å². The fourth-order valence-electron chi connectivity index (χ4n) is 2.04. The Bertz CT molecular complexity index is 301. The second-order valence-corrected chi connectivity index (χ2v) is 3.62. The SMILES string of the molecule is CN1C(=O)N(C)C2(CC=CC2)C1=O. The topological polar surface area (TPSA) is 40.6 Å². The van der Waals surface area contributed by atoms with Crippen LogP contribution in [0.3, 0.4) is 0 Å². The van der Waals surface area contributed by atoms with Gasteiger partial charge in [0, 0.05) is 14.1 Å². The third kappa shape index (κ3) is 0.802. The summed E-state index contributed by atoms with van der Waals surface area (Å²) in [4.78, 5) is 26.0. The van der Waals surface area contributed by atoms with Gasteiger partial charge in [0.15, 0.2) is 0 Å². The minimum Gasteiger partial charge on any atom is -0.312 e. The molecule has 1 aliphatic heterocycles. The van der Waals surface area contributed by atoms with E-state index in [0.717, 1.165) is 0 Å².